The molecule has 0 atom stereocenters. The fourth-order valence-electron chi connectivity index (χ4n) is 4.82. The molecule has 1 saturated carbocycles. The maximum Gasteiger partial charge on any atom is 0.348 e. The molecule has 0 spiro atoms. The van der Waals surface area contributed by atoms with E-state index in [4.69, 9.17) is 0 Å². The van der Waals surface area contributed by atoms with Crippen LogP contribution in [-0.2, 0) is 4.79 Å². The lowest BCUT2D eigenvalue weighted by Gasteiger charge is -2.33. The summed E-state index contributed by atoms with van der Waals surface area (Å²) in [6.07, 6.45) is 5.32. The van der Waals surface area contributed by atoms with Crippen molar-refractivity contribution in [2.45, 2.75) is 59.4 Å². The van der Waals surface area contributed by atoms with Crippen LogP contribution in [0.25, 0.3) is 10.4 Å². The van der Waals surface area contributed by atoms with Gasteiger partial charge in [-0.05, 0) is 88.3 Å². The molecule has 4 rings (SSSR count). The highest BCUT2D eigenvalue weighted by Crippen LogP contribution is 2.40. The molecule has 7 nitrogen and oxygen atoms in total. The number of carbonyl (C=O) groups is 3. The van der Waals surface area contributed by atoms with Crippen LogP contribution in [0, 0.1) is 18.8 Å². The molecular formula is C29H33N3O4S. The summed E-state index contributed by atoms with van der Waals surface area (Å²) in [6.45, 7) is 7.89. The highest BCUT2D eigenvalue weighted by molar-refractivity contribution is 7.18. The highest BCUT2D eigenvalue weighted by Gasteiger charge is 2.33. The summed E-state index contributed by atoms with van der Waals surface area (Å²) in [5, 5.41) is 12.9. The van der Waals surface area contributed by atoms with Gasteiger partial charge in [0, 0.05) is 40.0 Å². The number of thiophene rings is 1. The van der Waals surface area contributed by atoms with Gasteiger partial charge < -0.3 is 15.3 Å². The van der Waals surface area contributed by atoms with Gasteiger partial charge in [0.15, 0.2) is 0 Å². The van der Waals surface area contributed by atoms with Gasteiger partial charge in [0.2, 0.25) is 5.91 Å². The number of carboxylic acids is 1. The fraction of sp³-hybridized carbons (Fsp3) is 0.379. The van der Waals surface area contributed by atoms with E-state index in [9.17, 15) is 19.5 Å². The minimum absolute atomic E-state index is 0.0122. The first-order chi connectivity index (χ1) is 17.6. The minimum atomic E-state index is -1.04. The monoisotopic (exact) mass is 519 g/mol. The van der Waals surface area contributed by atoms with Gasteiger partial charge in [-0.2, -0.15) is 0 Å². The lowest BCUT2D eigenvalue weighted by atomic mass is 9.82. The Bertz CT molecular complexity index is 1290. The molecule has 0 saturated heterocycles. The molecule has 1 aliphatic rings. The van der Waals surface area contributed by atoms with E-state index in [0.29, 0.717) is 22.9 Å². The summed E-state index contributed by atoms with van der Waals surface area (Å²) >= 11 is 1.16. The number of nitrogens with zero attached hydrogens (tertiary/aromatic N) is 2. The lowest BCUT2D eigenvalue weighted by molar-refractivity contribution is -0.123. The minimum Gasteiger partial charge on any atom is -0.477 e. The van der Waals surface area contributed by atoms with Crippen LogP contribution in [0.4, 0.5) is 11.4 Å². The molecule has 1 aromatic carbocycles. The van der Waals surface area contributed by atoms with E-state index in [1.54, 1.807) is 35.4 Å². The van der Waals surface area contributed by atoms with Crippen LogP contribution in [0.15, 0.2) is 48.7 Å². The summed E-state index contributed by atoms with van der Waals surface area (Å²) in [5.74, 6) is -0.708. The number of nitrogens with one attached hydrogen (secondary N) is 1. The summed E-state index contributed by atoms with van der Waals surface area (Å²) in [6, 6.07) is 12.3. The van der Waals surface area contributed by atoms with E-state index in [-0.39, 0.29) is 28.7 Å². The second-order valence-electron chi connectivity index (χ2n) is 10.1. The Morgan fingerprint density at radius 2 is 1.73 bits per heavy atom. The van der Waals surface area contributed by atoms with Gasteiger partial charge in [-0.1, -0.05) is 19.1 Å². The average molecular weight is 520 g/mol. The Balaban J connectivity index is 1.58. The molecule has 37 heavy (non-hydrogen) atoms. The number of hydrogen-bond acceptors (Lipinski definition) is 5. The van der Waals surface area contributed by atoms with Gasteiger partial charge in [-0.25, -0.2) is 4.79 Å². The van der Waals surface area contributed by atoms with E-state index in [2.05, 4.69) is 17.2 Å². The molecular weight excluding hydrogens is 486 g/mol. The molecule has 2 N–H and O–H groups in total. The zero-order valence-electron chi connectivity index (χ0n) is 21.7. The standard InChI is InChI=1S/C29H33N3O4S/c1-17(2)32(28(34)21-7-5-18(3)6-8-21)24-16-25(37-26(24)29(35)36)20-9-11-23(12-10-20)31-27(33)22-13-14-30-19(4)15-22/h9-18,21H,5-8H2,1-4H3,(H,31,33)(H,35,36). The van der Waals surface area contributed by atoms with E-state index in [1.807, 2.05) is 39.0 Å². The van der Waals surface area contributed by atoms with Gasteiger partial charge in [0.25, 0.3) is 5.91 Å². The molecule has 2 aromatic heterocycles. The van der Waals surface area contributed by atoms with Crippen LogP contribution in [-0.4, -0.2) is 33.9 Å². The molecule has 8 heteroatoms. The molecule has 2 heterocycles. The van der Waals surface area contributed by atoms with Crippen LogP contribution in [0.3, 0.4) is 0 Å². The lowest BCUT2D eigenvalue weighted by Crippen LogP contribution is -2.42. The molecule has 0 aliphatic heterocycles. The number of amides is 2. The van der Waals surface area contributed by atoms with Crippen molar-refractivity contribution in [2.75, 3.05) is 10.2 Å². The summed E-state index contributed by atoms with van der Waals surface area (Å²) in [4.78, 5) is 45.0. The van der Waals surface area contributed by atoms with Crippen molar-refractivity contribution in [3.63, 3.8) is 0 Å². The topological polar surface area (TPSA) is 99.6 Å². The van der Waals surface area contributed by atoms with Crippen LogP contribution < -0.4 is 10.2 Å². The maximum absolute atomic E-state index is 13.5. The average Bonchev–Trinajstić information content (AvgIpc) is 3.30. The summed E-state index contributed by atoms with van der Waals surface area (Å²) < 4.78 is 0. The molecule has 1 aliphatic carbocycles. The molecule has 3 aromatic rings. The van der Waals surface area contributed by atoms with Crippen molar-refractivity contribution in [1.82, 2.24) is 4.98 Å². The molecule has 1 fully saturated rings. The van der Waals surface area contributed by atoms with Gasteiger partial charge in [0.1, 0.15) is 4.88 Å². The number of aromatic carboxylic acids is 1. The normalized spacial score (nSPS) is 17.4. The molecule has 2 amide bonds. The van der Waals surface area contributed by atoms with E-state index in [0.717, 1.165) is 53.2 Å². The van der Waals surface area contributed by atoms with Gasteiger partial charge in [-0.3, -0.25) is 14.6 Å². The smallest absolute Gasteiger partial charge is 0.348 e. The Hall–Kier alpha value is -3.52. The first kappa shape index (κ1) is 26.5. The third-order valence-electron chi connectivity index (χ3n) is 6.87. The van der Waals surface area contributed by atoms with Crippen LogP contribution in [0.2, 0.25) is 0 Å². The Morgan fingerprint density at radius 3 is 2.32 bits per heavy atom. The zero-order chi connectivity index (χ0) is 26.7. The number of benzene rings is 1. The highest BCUT2D eigenvalue weighted by atomic mass is 32.1. The number of aromatic nitrogens is 1. The number of carboxylic acid groups (broad SMARTS) is 1. The first-order valence-corrected chi connectivity index (χ1v) is 13.5. The predicted molar refractivity (Wildman–Crippen MR) is 147 cm³/mol. The number of aryl methyl sites for hydroxylation is 1. The van der Waals surface area contributed by atoms with Crippen LogP contribution in [0.5, 0.6) is 0 Å². The van der Waals surface area contributed by atoms with Crippen molar-refractivity contribution in [3.8, 4) is 10.4 Å². The fourth-order valence-corrected chi connectivity index (χ4v) is 5.81. The molecule has 0 unspecified atom stereocenters. The second kappa shape index (κ2) is 11.3. The Morgan fingerprint density at radius 1 is 1.05 bits per heavy atom. The largest absolute Gasteiger partial charge is 0.477 e. The number of rotatable bonds is 7. The van der Waals surface area contributed by atoms with E-state index in [1.165, 1.54) is 0 Å². The number of anilines is 2. The van der Waals surface area contributed by atoms with Crippen molar-refractivity contribution >= 4 is 40.5 Å². The van der Waals surface area contributed by atoms with Gasteiger partial charge in [0.05, 0.1) is 5.69 Å². The quantitative estimate of drug-likeness (QED) is 0.365. The van der Waals surface area contributed by atoms with Crippen molar-refractivity contribution in [1.29, 1.82) is 0 Å². The number of hydrogen-bond donors (Lipinski definition) is 2. The first-order valence-electron chi connectivity index (χ1n) is 12.7. The Kier molecular flexibility index (Phi) is 8.07. The predicted octanol–water partition coefficient (Wildman–Crippen LogP) is 6.64. The molecule has 0 radical (unpaired) electrons. The third-order valence-corrected chi connectivity index (χ3v) is 8.03. The van der Waals surface area contributed by atoms with Crippen molar-refractivity contribution in [3.05, 3.63) is 64.8 Å². The summed E-state index contributed by atoms with van der Waals surface area (Å²) in [5.41, 5.74) is 3.19. The second-order valence-corrected chi connectivity index (χ2v) is 11.2. The number of carbonyl (C=O) groups excluding carboxylic acids is 2. The van der Waals surface area contributed by atoms with Gasteiger partial charge >= 0.3 is 5.97 Å². The Labute approximate surface area is 221 Å². The van der Waals surface area contributed by atoms with Gasteiger partial charge in [-0.15, -0.1) is 11.3 Å². The third kappa shape index (κ3) is 6.07. The van der Waals surface area contributed by atoms with Crippen LogP contribution in [0.1, 0.15) is 72.2 Å². The SMILES string of the molecule is Cc1cc(C(=O)Nc2ccc(-c3cc(N(C(=O)C4CCC(C)CC4)C(C)C)c(C(=O)O)s3)cc2)ccn1. The van der Waals surface area contributed by atoms with E-state index < -0.39 is 5.97 Å². The maximum atomic E-state index is 13.5. The van der Waals surface area contributed by atoms with Crippen molar-refractivity contribution < 1.29 is 19.5 Å². The molecule has 0 bridgehead atoms. The zero-order valence-corrected chi connectivity index (χ0v) is 22.5. The number of pyridine rings is 1. The van der Waals surface area contributed by atoms with E-state index >= 15 is 0 Å². The van der Waals surface area contributed by atoms with Crippen molar-refractivity contribution in [2.24, 2.45) is 11.8 Å². The van der Waals surface area contributed by atoms with Crippen LogP contribution >= 0.6 is 11.3 Å². The summed E-state index contributed by atoms with van der Waals surface area (Å²) in [7, 11) is 0. The molecule has 194 valence electrons.